The molecule has 1 aliphatic heterocycles. The van der Waals surface area contributed by atoms with E-state index in [0.717, 1.165) is 34.8 Å². The van der Waals surface area contributed by atoms with Crippen molar-refractivity contribution in [2.45, 2.75) is 18.6 Å². The molecule has 2 atom stereocenters. The van der Waals surface area contributed by atoms with E-state index in [-0.39, 0.29) is 12.1 Å². The first kappa shape index (κ1) is 13.8. The first-order chi connectivity index (χ1) is 10.2. The first-order valence-electron chi connectivity index (χ1n) is 6.95. The molecule has 2 aromatic rings. The van der Waals surface area contributed by atoms with E-state index < -0.39 is 0 Å². The van der Waals surface area contributed by atoms with Crippen molar-refractivity contribution in [2.24, 2.45) is 5.73 Å². The summed E-state index contributed by atoms with van der Waals surface area (Å²) in [5, 5.41) is 0. The van der Waals surface area contributed by atoms with E-state index in [1.165, 1.54) is 0 Å². The average molecular weight is 285 g/mol. The van der Waals surface area contributed by atoms with Crippen LogP contribution in [0.3, 0.4) is 0 Å². The molecule has 2 N–H and O–H groups in total. The maximum atomic E-state index is 6.27. The predicted octanol–water partition coefficient (Wildman–Crippen LogP) is 3.23. The summed E-state index contributed by atoms with van der Waals surface area (Å²) in [6, 6.07) is 13.7. The van der Waals surface area contributed by atoms with Crippen LogP contribution in [0.1, 0.15) is 29.7 Å². The summed E-state index contributed by atoms with van der Waals surface area (Å²) in [4.78, 5) is 0. The molecule has 0 fully saturated rings. The molecule has 1 unspecified atom stereocenters. The number of benzene rings is 2. The minimum absolute atomic E-state index is 0.0304. The molecule has 4 nitrogen and oxygen atoms in total. The quantitative estimate of drug-likeness (QED) is 0.940. The Morgan fingerprint density at radius 2 is 1.71 bits per heavy atom. The number of nitrogens with two attached hydrogens (primary N) is 1. The smallest absolute Gasteiger partial charge is 0.126 e. The van der Waals surface area contributed by atoms with Gasteiger partial charge >= 0.3 is 0 Å². The highest BCUT2D eigenvalue weighted by Crippen LogP contribution is 2.40. The Labute approximate surface area is 124 Å². The number of hydrogen-bond acceptors (Lipinski definition) is 4. The molecule has 0 aliphatic carbocycles. The molecule has 0 spiro atoms. The van der Waals surface area contributed by atoms with E-state index in [4.69, 9.17) is 19.9 Å². The highest BCUT2D eigenvalue weighted by molar-refractivity contribution is 5.43. The van der Waals surface area contributed by atoms with E-state index in [0.29, 0.717) is 0 Å². The van der Waals surface area contributed by atoms with Crippen LogP contribution in [-0.2, 0) is 0 Å². The molecule has 0 amide bonds. The van der Waals surface area contributed by atoms with Crippen LogP contribution in [0, 0.1) is 0 Å². The van der Waals surface area contributed by atoms with Crippen LogP contribution >= 0.6 is 0 Å². The van der Waals surface area contributed by atoms with E-state index >= 15 is 0 Å². The summed E-state index contributed by atoms with van der Waals surface area (Å²) in [6.45, 7) is 0. The van der Waals surface area contributed by atoms with E-state index in [9.17, 15) is 0 Å². The van der Waals surface area contributed by atoms with Crippen LogP contribution in [0.15, 0.2) is 42.5 Å². The topological polar surface area (TPSA) is 53.7 Å². The van der Waals surface area contributed by atoms with Gasteiger partial charge in [0.05, 0.1) is 14.2 Å². The second-order valence-corrected chi connectivity index (χ2v) is 5.13. The highest BCUT2D eigenvalue weighted by atomic mass is 16.5. The van der Waals surface area contributed by atoms with Crippen molar-refractivity contribution in [1.29, 1.82) is 0 Å². The maximum absolute atomic E-state index is 6.27. The number of fused-ring (bicyclic) bond motifs is 1. The zero-order valence-electron chi connectivity index (χ0n) is 12.2. The van der Waals surface area contributed by atoms with Gasteiger partial charge in [0.15, 0.2) is 0 Å². The third kappa shape index (κ3) is 2.67. The lowest BCUT2D eigenvalue weighted by molar-refractivity contribution is 0.161. The fourth-order valence-electron chi connectivity index (χ4n) is 2.67. The number of hydrogen-bond donors (Lipinski definition) is 1. The Bertz CT molecular complexity index is 619. The second kappa shape index (κ2) is 5.66. The number of rotatable bonds is 3. The van der Waals surface area contributed by atoms with Crippen LogP contribution in [0.25, 0.3) is 0 Å². The van der Waals surface area contributed by atoms with Gasteiger partial charge in [0.25, 0.3) is 0 Å². The van der Waals surface area contributed by atoms with Gasteiger partial charge in [0.2, 0.25) is 0 Å². The fraction of sp³-hybridized carbons (Fsp3) is 0.294. The number of methoxy groups -OCH3 is 2. The molecule has 0 saturated carbocycles. The molecule has 110 valence electrons. The van der Waals surface area contributed by atoms with Gasteiger partial charge in [-0.15, -0.1) is 0 Å². The molecule has 4 heteroatoms. The van der Waals surface area contributed by atoms with E-state index in [1.54, 1.807) is 14.2 Å². The van der Waals surface area contributed by atoms with Crippen molar-refractivity contribution in [2.75, 3.05) is 14.2 Å². The van der Waals surface area contributed by atoms with Gasteiger partial charge in [0, 0.05) is 24.1 Å². The molecule has 1 heterocycles. The zero-order valence-corrected chi connectivity index (χ0v) is 12.2. The van der Waals surface area contributed by atoms with Gasteiger partial charge in [0.1, 0.15) is 23.4 Å². The summed E-state index contributed by atoms with van der Waals surface area (Å²) in [7, 11) is 3.28. The van der Waals surface area contributed by atoms with Crippen molar-refractivity contribution in [3.8, 4) is 17.2 Å². The van der Waals surface area contributed by atoms with Gasteiger partial charge in [-0.3, -0.25) is 0 Å². The lowest BCUT2D eigenvalue weighted by atomic mass is 9.93. The Hall–Kier alpha value is -2.20. The van der Waals surface area contributed by atoms with Crippen molar-refractivity contribution >= 4 is 0 Å². The molecule has 3 rings (SSSR count). The molecule has 1 aliphatic rings. The lowest BCUT2D eigenvalue weighted by Gasteiger charge is -2.30. The Balaban J connectivity index is 1.95. The summed E-state index contributed by atoms with van der Waals surface area (Å²) >= 11 is 0. The van der Waals surface area contributed by atoms with Gasteiger partial charge in [-0.2, -0.15) is 0 Å². The molecule has 2 aromatic carbocycles. The minimum atomic E-state index is -0.0982. The molecular weight excluding hydrogens is 266 g/mol. The molecule has 21 heavy (non-hydrogen) atoms. The van der Waals surface area contributed by atoms with Crippen molar-refractivity contribution in [3.05, 3.63) is 53.6 Å². The first-order valence-corrected chi connectivity index (χ1v) is 6.95. The minimum Gasteiger partial charge on any atom is -0.497 e. The third-order valence-corrected chi connectivity index (χ3v) is 3.80. The van der Waals surface area contributed by atoms with E-state index in [1.807, 2.05) is 42.5 Å². The average Bonchev–Trinajstić information content (AvgIpc) is 2.54. The van der Waals surface area contributed by atoms with Crippen molar-refractivity contribution in [3.63, 3.8) is 0 Å². The largest absolute Gasteiger partial charge is 0.497 e. The Morgan fingerprint density at radius 3 is 2.38 bits per heavy atom. The molecule has 0 aromatic heterocycles. The monoisotopic (exact) mass is 285 g/mol. The standard InChI is InChI=1S/C17H19NO3/c1-19-12-7-11(8-13(9-12)20-2)17-10-15(18)14-5-3-4-6-16(14)21-17/h3-9,15,17H,10,18H2,1-2H3/t15-,17?/m1/s1. The zero-order chi connectivity index (χ0) is 14.8. The van der Waals surface area contributed by atoms with Crippen LogP contribution in [-0.4, -0.2) is 14.2 Å². The van der Waals surface area contributed by atoms with Crippen LogP contribution in [0.4, 0.5) is 0 Å². The molecule has 0 radical (unpaired) electrons. The third-order valence-electron chi connectivity index (χ3n) is 3.80. The van der Waals surface area contributed by atoms with Crippen molar-refractivity contribution < 1.29 is 14.2 Å². The van der Waals surface area contributed by atoms with Crippen LogP contribution in [0.5, 0.6) is 17.2 Å². The highest BCUT2D eigenvalue weighted by Gasteiger charge is 2.27. The summed E-state index contributed by atoms with van der Waals surface area (Å²) in [5.41, 5.74) is 8.34. The Morgan fingerprint density at radius 1 is 1.05 bits per heavy atom. The second-order valence-electron chi connectivity index (χ2n) is 5.13. The fourth-order valence-corrected chi connectivity index (χ4v) is 2.67. The van der Waals surface area contributed by atoms with Gasteiger partial charge in [-0.05, 0) is 23.8 Å². The van der Waals surface area contributed by atoms with Crippen LogP contribution < -0.4 is 19.9 Å². The predicted molar refractivity (Wildman–Crippen MR) is 80.9 cm³/mol. The van der Waals surface area contributed by atoms with Crippen molar-refractivity contribution in [1.82, 2.24) is 0 Å². The number of ether oxygens (including phenoxy) is 3. The van der Waals surface area contributed by atoms with Crippen LogP contribution in [0.2, 0.25) is 0 Å². The number of para-hydroxylation sites is 1. The molecule has 0 saturated heterocycles. The molecule has 0 bridgehead atoms. The normalized spacial score (nSPS) is 20.3. The Kier molecular flexibility index (Phi) is 3.71. The summed E-state index contributed by atoms with van der Waals surface area (Å²) in [5.74, 6) is 2.35. The SMILES string of the molecule is COc1cc(OC)cc(C2C[C@@H](N)c3ccccc3O2)c1. The van der Waals surface area contributed by atoms with Gasteiger partial charge < -0.3 is 19.9 Å². The summed E-state index contributed by atoms with van der Waals surface area (Å²) in [6.07, 6.45) is 0.631. The van der Waals surface area contributed by atoms with Gasteiger partial charge in [-0.1, -0.05) is 18.2 Å². The maximum Gasteiger partial charge on any atom is 0.126 e. The van der Waals surface area contributed by atoms with E-state index in [2.05, 4.69) is 0 Å². The summed E-state index contributed by atoms with van der Waals surface area (Å²) < 4.78 is 16.7. The van der Waals surface area contributed by atoms with Gasteiger partial charge in [-0.25, -0.2) is 0 Å². The molecular formula is C17H19NO3. The lowest BCUT2D eigenvalue weighted by Crippen LogP contribution is -2.24.